The van der Waals surface area contributed by atoms with Gasteiger partial charge in [-0.15, -0.1) is 0 Å². The van der Waals surface area contributed by atoms with E-state index in [0.29, 0.717) is 29.0 Å². The van der Waals surface area contributed by atoms with E-state index in [1.807, 2.05) is 62.4 Å². The lowest BCUT2D eigenvalue weighted by Gasteiger charge is -2.37. The van der Waals surface area contributed by atoms with Gasteiger partial charge < -0.3 is 10.1 Å². The number of allylic oxidation sites excluding steroid dienone is 3. The molecule has 0 bridgehead atoms. The van der Waals surface area contributed by atoms with E-state index in [0.717, 1.165) is 53.8 Å². The molecule has 2 atom stereocenters. The van der Waals surface area contributed by atoms with Crippen molar-refractivity contribution in [3.05, 3.63) is 92.8 Å². The number of dihydropyridines is 1. The number of hydrogen-bond donors (Lipinski definition) is 1. The molecule has 4 nitrogen and oxygen atoms in total. The normalized spacial score (nSPS) is 23.1. The molecule has 1 fully saturated rings. The molecule has 5 heteroatoms. The minimum atomic E-state index is -0.413. The third kappa shape index (κ3) is 4.44. The Morgan fingerprint density at radius 2 is 1.59 bits per heavy atom. The van der Waals surface area contributed by atoms with E-state index in [4.69, 9.17) is 16.3 Å². The summed E-state index contributed by atoms with van der Waals surface area (Å²) in [5.74, 6) is -0.557. The second kappa shape index (κ2) is 9.42. The standard InChI is InChI=1S/C29H30ClNO3/c1-17-7-9-20(10-8-17)27-26(29(33)34-23-5-3-4-6-23)18(2)31-24-15-21(16-25(32)28(24)27)19-11-13-22(30)14-12-19/h7-14,21,23,27,31H,3-6,15-16H2,1-2H3/t21-,27-/m0/s1. The fraction of sp³-hybridized carbons (Fsp3) is 0.379. The summed E-state index contributed by atoms with van der Waals surface area (Å²) in [6.45, 7) is 3.96. The van der Waals surface area contributed by atoms with E-state index in [1.165, 1.54) is 0 Å². The molecule has 1 saturated carbocycles. The van der Waals surface area contributed by atoms with Gasteiger partial charge in [-0.3, -0.25) is 4.79 Å². The highest BCUT2D eigenvalue weighted by Crippen LogP contribution is 2.46. The van der Waals surface area contributed by atoms with Crippen LogP contribution in [0.5, 0.6) is 0 Å². The fourth-order valence-corrected chi connectivity index (χ4v) is 5.72. The Morgan fingerprint density at radius 3 is 2.26 bits per heavy atom. The van der Waals surface area contributed by atoms with Crippen LogP contribution in [0.1, 0.15) is 74.0 Å². The van der Waals surface area contributed by atoms with E-state index >= 15 is 0 Å². The lowest BCUT2D eigenvalue weighted by molar-refractivity contribution is -0.144. The molecule has 0 aromatic heterocycles. The summed E-state index contributed by atoms with van der Waals surface area (Å²) in [5.41, 5.74) is 6.15. The summed E-state index contributed by atoms with van der Waals surface area (Å²) < 4.78 is 5.93. The Kier molecular flexibility index (Phi) is 6.35. The third-order valence-corrected chi connectivity index (χ3v) is 7.63. The van der Waals surface area contributed by atoms with Crippen molar-refractivity contribution in [1.82, 2.24) is 5.32 Å². The Labute approximate surface area is 206 Å². The number of hydrogen-bond acceptors (Lipinski definition) is 4. The number of nitrogens with one attached hydrogen (secondary N) is 1. The molecular weight excluding hydrogens is 446 g/mol. The number of Topliss-reactive ketones (excluding diaryl/α,β-unsaturated/α-hetero) is 1. The predicted molar refractivity (Wildman–Crippen MR) is 134 cm³/mol. The van der Waals surface area contributed by atoms with Crippen LogP contribution in [0.15, 0.2) is 71.1 Å². The van der Waals surface area contributed by atoms with Gasteiger partial charge in [0.1, 0.15) is 6.10 Å². The molecule has 3 aliphatic rings. The molecule has 2 aromatic rings. The lowest BCUT2D eigenvalue weighted by Crippen LogP contribution is -2.36. The Morgan fingerprint density at radius 1 is 0.941 bits per heavy atom. The minimum Gasteiger partial charge on any atom is -0.459 e. The molecule has 0 saturated heterocycles. The highest BCUT2D eigenvalue weighted by Gasteiger charge is 2.42. The molecule has 1 heterocycles. The van der Waals surface area contributed by atoms with Crippen molar-refractivity contribution >= 4 is 23.4 Å². The predicted octanol–water partition coefficient (Wildman–Crippen LogP) is 6.50. The van der Waals surface area contributed by atoms with Gasteiger partial charge >= 0.3 is 5.97 Å². The molecule has 0 spiro atoms. The number of carbonyl (C=O) groups is 2. The third-order valence-electron chi connectivity index (χ3n) is 7.38. The first kappa shape index (κ1) is 22.9. The quantitative estimate of drug-likeness (QED) is 0.513. The van der Waals surface area contributed by atoms with Crippen molar-refractivity contribution in [1.29, 1.82) is 0 Å². The second-order valence-electron chi connectivity index (χ2n) is 9.79. The first-order valence-electron chi connectivity index (χ1n) is 12.2. The summed E-state index contributed by atoms with van der Waals surface area (Å²) in [5, 5.41) is 4.12. The number of ether oxygens (including phenoxy) is 1. The topological polar surface area (TPSA) is 55.4 Å². The Balaban J connectivity index is 1.53. The van der Waals surface area contributed by atoms with Crippen molar-refractivity contribution in [2.45, 2.75) is 70.3 Å². The zero-order chi connectivity index (χ0) is 23.8. The molecule has 5 rings (SSSR count). The zero-order valence-corrected chi connectivity index (χ0v) is 20.5. The number of rotatable bonds is 4. The Bertz CT molecular complexity index is 1170. The van der Waals surface area contributed by atoms with Gasteiger partial charge in [0.05, 0.1) is 5.57 Å². The molecule has 2 aromatic carbocycles. The van der Waals surface area contributed by atoms with Crippen LogP contribution in [-0.4, -0.2) is 17.9 Å². The van der Waals surface area contributed by atoms with E-state index in [9.17, 15) is 9.59 Å². The molecule has 0 amide bonds. The van der Waals surface area contributed by atoms with Crippen LogP contribution in [0.25, 0.3) is 0 Å². The molecule has 2 aliphatic carbocycles. The van der Waals surface area contributed by atoms with Crippen molar-refractivity contribution < 1.29 is 14.3 Å². The summed E-state index contributed by atoms with van der Waals surface area (Å²) in [4.78, 5) is 27.1. The van der Waals surface area contributed by atoms with Crippen LogP contribution in [-0.2, 0) is 14.3 Å². The summed E-state index contributed by atoms with van der Waals surface area (Å²) >= 11 is 6.08. The van der Waals surface area contributed by atoms with E-state index < -0.39 is 5.92 Å². The van der Waals surface area contributed by atoms with Gasteiger partial charge in [0, 0.05) is 34.3 Å². The van der Waals surface area contributed by atoms with Crippen LogP contribution in [0, 0.1) is 6.92 Å². The van der Waals surface area contributed by atoms with Crippen LogP contribution in [0.3, 0.4) is 0 Å². The molecule has 1 aliphatic heterocycles. The molecule has 0 radical (unpaired) electrons. The van der Waals surface area contributed by atoms with Crippen molar-refractivity contribution in [3.63, 3.8) is 0 Å². The smallest absolute Gasteiger partial charge is 0.337 e. The number of benzene rings is 2. The average molecular weight is 476 g/mol. The van der Waals surface area contributed by atoms with Crippen molar-refractivity contribution in [2.24, 2.45) is 0 Å². The average Bonchev–Trinajstić information content (AvgIpc) is 3.32. The van der Waals surface area contributed by atoms with Crippen LogP contribution in [0.4, 0.5) is 0 Å². The summed E-state index contributed by atoms with van der Waals surface area (Å²) in [7, 11) is 0. The van der Waals surface area contributed by atoms with Crippen molar-refractivity contribution in [3.8, 4) is 0 Å². The van der Waals surface area contributed by atoms with Crippen molar-refractivity contribution in [2.75, 3.05) is 0 Å². The highest BCUT2D eigenvalue weighted by atomic mass is 35.5. The molecule has 1 N–H and O–H groups in total. The molecule has 0 unspecified atom stereocenters. The molecule has 34 heavy (non-hydrogen) atoms. The largest absolute Gasteiger partial charge is 0.459 e. The fourth-order valence-electron chi connectivity index (χ4n) is 5.59. The van der Waals surface area contributed by atoms with E-state index in [1.54, 1.807) is 0 Å². The van der Waals surface area contributed by atoms with Crippen LogP contribution < -0.4 is 5.32 Å². The maximum atomic E-state index is 13.7. The Hall–Kier alpha value is -2.85. The first-order chi connectivity index (χ1) is 16.4. The molecular formula is C29H30ClNO3. The lowest BCUT2D eigenvalue weighted by atomic mass is 9.71. The van der Waals surface area contributed by atoms with Crippen LogP contribution in [0.2, 0.25) is 5.02 Å². The number of esters is 1. The first-order valence-corrected chi connectivity index (χ1v) is 12.6. The summed E-state index contributed by atoms with van der Waals surface area (Å²) in [6, 6.07) is 15.9. The van der Waals surface area contributed by atoms with Gasteiger partial charge in [-0.1, -0.05) is 53.6 Å². The number of carbonyl (C=O) groups excluding carboxylic acids is 2. The highest BCUT2D eigenvalue weighted by molar-refractivity contribution is 6.30. The number of ketones is 1. The van der Waals surface area contributed by atoms with Gasteiger partial charge in [0.2, 0.25) is 0 Å². The van der Waals surface area contributed by atoms with Gasteiger partial charge in [-0.2, -0.15) is 0 Å². The van der Waals surface area contributed by atoms with E-state index in [-0.39, 0.29) is 23.8 Å². The second-order valence-corrected chi connectivity index (χ2v) is 10.2. The van der Waals surface area contributed by atoms with Gasteiger partial charge in [0.25, 0.3) is 0 Å². The van der Waals surface area contributed by atoms with E-state index in [2.05, 4.69) is 5.32 Å². The maximum Gasteiger partial charge on any atom is 0.337 e. The monoisotopic (exact) mass is 475 g/mol. The van der Waals surface area contributed by atoms with Gasteiger partial charge in [-0.05, 0) is 75.1 Å². The van der Waals surface area contributed by atoms with Gasteiger partial charge in [0.15, 0.2) is 5.78 Å². The SMILES string of the molecule is CC1=C(C(=O)OC2CCCC2)[C@H](c2ccc(C)cc2)C2=C(C[C@H](c3ccc(Cl)cc3)CC2=O)N1. The number of halogens is 1. The summed E-state index contributed by atoms with van der Waals surface area (Å²) in [6.07, 6.45) is 5.11. The number of aryl methyl sites for hydroxylation is 1. The van der Waals surface area contributed by atoms with Crippen LogP contribution >= 0.6 is 11.6 Å². The molecule has 176 valence electrons. The minimum absolute atomic E-state index is 0.0295. The maximum absolute atomic E-state index is 13.7. The zero-order valence-electron chi connectivity index (χ0n) is 19.7. The van der Waals surface area contributed by atoms with Gasteiger partial charge in [-0.25, -0.2) is 4.79 Å².